The van der Waals surface area contributed by atoms with E-state index >= 15 is 0 Å². The number of unbranched alkanes of at least 4 members (excludes halogenated alkanes) is 3. The molecule has 14 heteroatoms. The number of hydrogen-bond donors (Lipinski definition) is 6. The summed E-state index contributed by atoms with van der Waals surface area (Å²) in [7, 11) is -2.19. The van der Waals surface area contributed by atoms with Crippen LogP contribution in [0, 0.1) is 11.6 Å². The summed E-state index contributed by atoms with van der Waals surface area (Å²) in [5, 5.41) is 43.1. The maximum absolute atomic E-state index is 13.8. The SMILES string of the molecule is CCCCCCNC.O=CCN(C(=O)c1ccc(F)c(B(O)O)c1)C1CCCC(NC(=O)c2ccc(F)c(B(O)O)c2)C1. The number of benzene rings is 2. The number of hydrogen-bond acceptors (Lipinski definition) is 8. The molecule has 1 aliphatic rings. The van der Waals surface area contributed by atoms with Crippen molar-refractivity contribution in [2.24, 2.45) is 0 Å². The number of carbonyl (C=O) groups is 3. The van der Waals surface area contributed by atoms with Gasteiger partial charge in [0.15, 0.2) is 0 Å². The molecule has 0 aliphatic heterocycles. The Labute approximate surface area is 251 Å². The van der Waals surface area contributed by atoms with Gasteiger partial charge in [-0.3, -0.25) is 9.59 Å². The van der Waals surface area contributed by atoms with E-state index in [1.165, 1.54) is 49.3 Å². The predicted octanol–water partition coefficient (Wildman–Crippen LogP) is 0.493. The number of aldehydes is 1. The Morgan fingerprint density at radius 2 is 1.56 bits per heavy atom. The summed E-state index contributed by atoms with van der Waals surface area (Å²) < 4.78 is 27.5. The fourth-order valence-corrected chi connectivity index (χ4v) is 4.98. The molecule has 1 fully saturated rings. The van der Waals surface area contributed by atoms with Crippen molar-refractivity contribution in [1.82, 2.24) is 15.5 Å². The Bertz CT molecular complexity index is 1200. The molecule has 0 bridgehead atoms. The molecule has 2 aromatic rings. The molecule has 0 saturated heterocycles. The van der Waals surface area contributed by atoms with Gasteiger partial charge in [0.2, 0.25) is 0 Å². The highest BCUT2D eigenvalue weighted by Gasteiger charge is 2.32. The van der Waals surface area contributed by atoms with Crippen LogP contribution in [0.3, 0.4) is 0 Å². The first-order valence-corrected chi connectivity index (χ1v) is 14.5. The molecule has 0 spiro atoms. The van der Waals surface area contributed by atoms with E-state index in [1.54, 1.807) is 0 Å². The van der Waals surface area contributed by atoms with Gasteiger partial charge >= 0.3 is 14.2 Å². The molecule has 234 valence electrons. The summed E-state index contributed by atoms with van der Waals surface area (Å²) in [6.45, 7) is 3.16. The van der Waals surface area contributed by atoms with Gasteiger partial charge in [-0.15, -0.1) is 0 Å². The number of nitrogens with one attached hydrogen (secondary N) is 2. The van der Waals surface area contributed by atoms with Gasteiger partial charge in [0.1, 0.15) is 17.9 Å². The quantitative estimate of drug-likeness (QED) is 0.110. The second-order valence-corrected chi connectivity index (χ2v) is 10.5. The van der Waals surface area contributed by atoms with E-state index < -0.39 is 60.7 Å². The van der Waals surface area contributed by atoms with E-state index in [0.29, 0.717) is 32.0 Å². The zero-order valence-corrected chi connectivity index (χ0v) is 24.6. The van der Waals surface area contributed by atoms with E-state index in [1.807, 2.05) is 7.05 Å². The first-order valence-electron chi connectivity index (χ1n) is 14.5. The van der Waals surface area contributed by atoms with Gasteiger partial charge in [-0.1, -0.05) is 26.2 Å². The molecule has 3 rings (SSSR count). The van der Waals surface area contributed by atoms with Crippen molar-refractivity contribution in [2.75, 3.05) is 20.1 Å². The van der Waals surface area contributed by atoms with Gasteiger partial charge in [0, 0.05) is 34.1 Å². The molecule has 2 aromatic carbocycles. The Balaban J connectivity index is 0.000000708. The number of halogens is 2. The largest absolute Gasteiger partial charge is 0.491 e. The molecule has 6 N–H and O–H groups in total. The third-order valence-corrected chi connectivity index (χ3v) is 7.29. The number of amides is 2. The van der Waals surface area contributed by atoms with Crippen molar-refractivity contribution >= 4 is 43.3 Å². The fraction of sp³-hybridized carbons (Fsp3) is 0.483. The van der Waals surface area contributed by atoms with Crippen LogP contribution in [0.1, 0.15) is 79.0 Å². The van der Waals surface area contributed by atoms with E-state index in [0.717, 1.165) is 24.3 Å². The minimum Gasteiger partial charge on any atom is -0.423 e. The topological polar surface area (TPSA) is 159 Å². The minimum atomic E-state index is -2.12. The average molecular weight is 603 g/mol. The highest BCUT2D eigenvalue weighted by atomic mass is 19.1. The summed E-state index contributed by atoms with van der Waals surface area (Å²) in [4.78, 5) is 38.4. The second kappa shape index (κ2) is 18.5. The van der Waals surface area contributed by atoms with Gasteiger partial charge in [-0.05, 0) is 82.1 Å². The lowest BCUT2D eigenvalue weighted by Gasteiger charge is -2.37. The zero-order valence-electron chi connectivity index (χ0n) is 24.6. The lowest BCUT2D eigenvalue weighted by molar-refractivity contribution is -0.109. The lowest BCUT2D eigenvalue weighted by atomic mass is 9.79. The summed E-state index contributed by atoms with van der Waals surface area (Å²) >= 11 is 0. The van der Waals surface area contributed by atoms with Gasteiger partial charge in [0.05, 0.1) is 6.54 Å². The van der Waals surface area contributed by atoms with Crippen LogP contribution in [0.4, 0.5) is 8.78 Å². The van der Waals surface area contributed by atoms with Crippen LogP contribution in [0.5, 0.6) is 0 Å². The monoisotopic (exact) mass is 603 g/mol. The minimum absolute atomic E-state index is 0.0242. The standard InChI is InChI=1S/C22H24B2F2N2O7.C7H17N/c25-19-6-4-13(10-17(19)23(32)33)21(30)27-15-2-1-3-16(12-15)28(8-9-29)22(31)14-5-7-20(26)18(11-14)24(34)35;1-3-4-5-6-7-8-2/h4-7,9-11,15-16,32-35H,1-3,8,12H2,(H,27,30);8H,3-7H2,1-2H3. The van der Waals surface area contributed by atoms with Crippen molar-refractivity contribution < 1.29 is 43.3 Å². The molecule has 43 heavy (non-hydrogen) atoms. The van der Waals surface area contributed by atoms with E-state index in [4.69, 9.17) is 0 Å². The first kappa shape index (κ1) is 36.0. The summed E-state index contributed by atoms with van der Waals surface area (Å²) in [6, 6.07) is 5.51. The van der Waals surface area contributed by atoms with Crippen molar-refractivity contribution in [2.45, 2.75) is 70.4 Å². The van der Waals surface area contributed by atoms with Crippen LogP contribution < -0.4 is 21.6 Å². The van der Waals surface area contributed by atoms with E-state index in [2.05, 4.69) is 17.6 Å². The third-order valence-electron chi connectivity index (χ3n) is 7.29. The molecular weight excluding hydrogens is 562 g/mol. The second-order valence-electron chi connectivity index (χ2n) is 10.5. The lowest BCUT2D eigenvalue weighted by Crippen LogP contribution is -2.49. The van der Waals surface area contributed by atoms with Crippen LogP contribution >= 0.6 is 0 Å². The smallest absolute Gasteiger partial charge is 0.423 e. The molecule has 10 nitrogen and oxygen atoms in total. The van der Waals surface area contributed by atoms with E-state index in [-0.39, 0.29) is 17.7 Å². The molecule has 0 heterocycles. The molecule has 1 aliphatic carbocycles. The van der Waals surface area contributed by atoms with Gasteiger partial charge in [-0.25, -0.2) is 8.78 Å². The Kier molecular flexibility index (Phi) is 15.5. The molecule has 2 atom stereocenters. The average Bonchev–Trinajstić information content (AvgIpc) is 2.98. The highest BCUT2D eigenvalue weighted by molar-refractivity contribution is 6.59. The first-order chi connectivity index (χ1) is 20.5. The van der Waals surface area contributed by atoms with Crippen LogP contribution in [-0.4, -0.2) is 89.6 Å². The van der Waals surface area contributed by atoms with Gasteiger partial charge in [0.25, 0.3) is 11.8 Å². The normalized spacial score (nSPS) is 16.0. The molecule has 2 amide bonds. The Hall–Kier alpha value is -3.16. The predicted molar refractivity (Wildman–Crippen MR) is 161 cm³/mol. The maximum atomic E-state index is 13.8. The third kappa shape index (κ3) is 11.1. The Morgan fingerprint density at radius 3 is 2.12 bits per heavy atom. The van der Waals surface area contributed by atoms with Crippen molar-refractivity contribution in [1.29, 1.82) is 0 Å². The number of carbonyl (C=O) groups excluding carboxylic acids is 3. The molecule has 2 unspecified atom stereocenters. The fourth-order valence-electron chi connectivity index (χ4n) is 4.98. The summed E-state index contributed by atoms with van der Waals surface area (Å²) in [5.41, 5.74) is -0.904. The van der Waals surface area contributed by atoms with Gasteiger partial charge < -0.3 is 40.4 Å². The van der Waals surface area contributed by atoms with E-state index in [9.17, 15) is 43.3 Å². The highest BCUT2D eigenvalue weighted by Crippen LogP contribution is 2.25. The Morgan fingerprint density at radius 1 is 0.953 bits per heavy atom. The summed E-state index contributed by atoms with van der Waals surface area (Å²) in [5.74, 6) is -2.92. The van der Waals surface area contributed by atoms with Crippen molar-refractivity contribution in [3.8, 4) is 0 Å². The maximum Gasteiger partial charge on any atom is 0.491 e. The summed E-state index contributed by atoms with van der Waals surface area (Å²) in [6.07, 6.45) is 8.04. The van der Waals surface area contributed by atoms with Gasteiger partial charge in [-0.2, -0.15) is 0 Å². The number of rotatable bonds is 13. The van der Waals surface area contributed by atoms with Crippen molar-refractivity contribution in [3.05, 3.63) is 59.2 Å². The van der Waals surface area contributed by atoms with Crippen LogP contribution in [-0.2, 0) is 4.79 Å². The zero-order chi connectivity index (χ0) is 31.9. The number of nitrogens with zero attached hydrogens (tertiary/aromatic N) is 1. The van der Waals surface area contributed by atoms with Crippen molar-refractivity contribution in [3.63, 3.8) is 0 Å². The van der Waals surface area contributed by atoms with Crippen LogP contribution in [0.15, 0.2) is 36.4 Å². The molecular formula is C29H41B2F2N3O7. The van der Waals surface area contributed by atoms with Crippen LogP contribution in [0.25, 0.3) is 0 Å². The molecule has 0 radical (unpaired) electrons. The molecule has 1 saturated carbocycles. The molecule has 0 aromatic heterocycles. The van der Waals surface area contributed by atoms with Crippen LogP contribution in [0.2, 0.25) is 0 Å².